The summed E-state index contributed by atoms with van der Waals surface area (Å²) in [6, 6.07) is 14.9. The summed E-state index contributed by atoms with van der Waals surface area (Å²) in [6.45, 7) is 6.93. The van der Waals surface area contributed by atoms with Gasteiger partial charge in [-0.15, -0.1) is 0 Å². The molecular weight excluding hydrogens is 358 g/mol. The first-order chi connectivity index (χ1) is 13.1. The molecule has 0 spiro atoms. The van der Waals surface area contributed by atoms with E-state index in [9.17, 15) is 8.42 Å². The maximum Gasteiger partial charge on any atom is 0.268 e. The smallest absolute Gasteiger partial charge is 0.268 e. The van der Waals surface area contributed by atoms with Crippen molar-refractivity contribution in [3.8, 4) is 0 Å². The molecule has 0 amide bonds. The van der Waals surface area contributed by atoms with E-state index in [2.05, 4.69) is 16.3 Å². The number of aryl methyl sites for hydroxylation is 1. The monoisotopic (exact) mass is 383 g/mol. The first-order valence-electron chi connectivity index (χ1n) is 9.40. The molecule has 1 aliphatic rings. The van der Waals surface area contributed by atoms with E-state index in [-0.39, 0.29) is 0 Å². The summed E-state index contributed by atoms with van der Waals surface area (Å²) < 4.78 is 27.6. The first kappa shape index (κ1) is 18.2. The minimum absolute atomic E-state index is 0.314. The first-order valence-corrected chi connectivity index (χ1v) is 10.8. The molecule has 0 bridgehead atoms. The summed E-state index contributed by atoms with van der Waals surface area (Å²) in [5.74, 6) is 0. The van der Waals surface area contributed by atoms with Crippen LogP contribution in [-0.4, -0.2) is 43.5 Å². The van der Waals surface area contributed by atoms with Crippen molar-refractivity contribution < 1.29 is 8.42 Å². The minimum atomic E-state index is -3.60. The summed E-state index contributed by atoms with van der Waals surface area (Å²) in [6.07, 6.45) is 2.81. The lowest BCUT2D eigenvalue weighted by atomic mass is 10.1. The second kappa shape index (κ2) is 7.46. The minimum Gasteiger partial charge on any atom is -0.315 e. The highest BCUT2D eigenvalue weighted by atomic mass is 32.2. The molecule has 1 N–H and O–H groups in total. The predicted molar refractivity (Wildman–Crippen MR) is 108 cm³/mol. The molecule has 1 saturated heterocycles. The van der Waals surface area contributed by atoms with Crippen molar-refractivity contribution in [2.24, 2.45) is 0 Å². The van der Waals surface area contributed by atoms with Gasteiger partial charge in [0.25, 0.3) is 10.0 Å². The van der Waals surface area contributed by atoms with Crippen LogP contribution in [0.25, 0.3) is 10.9 Å². The average Bonchev–Trinajstić information content (AvgIpc) is 2.95. The zero-order valence-electron chi connectivity index (χ0n) is 15.6. The maximum absolute atomic E-state index is 13.1. The third-order valence-electron chi connectivity index (χ3n) is 5.19. The van der Waals surface area contributed by atoms with Crippen LogP contribution in [0.4, 0.5) is 0 Å². The van der Waals surface area contributed by atoms with E-state index < -0.39 is 10.0 Å². The van der Waals surface area contributed by atoms with Crippen LogP contribution in [-0.2, 0) is 16.6 Å². The van der Waals surface area contributed by atoms with Crippen LogP contribution in [0.3, 0.4) is 0 Å². The fourth-order valence-corrected chi connectivity index (χ4v) is 5.02. The van der Waals surface area contributed by atoms with E-state index in [0.717, 1.165) is 55.6 Å². The molecule has 4 rings (SSSR count). The molecule has 0 radical (unpaired) electrons. The number of aromatic nitrogens is 1. The van der Waals surface area contributed by atoms with E-state index in [0.29, 0.717) is 4.90 Å². The third-order valence-corrected chi connectivity index (χ3v) is 6.90. The van der Waals surface area contributed by atoms with Crippen molar-refractivity contribution in [1.29, 1.82) is 0 Å². The van der Waals surface area contributed by atoms with E-state index in [1.54, 1.807) is 18.3 Å². The molecule has 1 fully saturated rings. The zero-order valence-corrected chi connectivity index (χ0v) is 16.4. The Labute approximate surface area is 160 Å². The quantitative estimate of drug-likeness (QED) is 0.753. The van der Waals surface area contributed by atoms with Crippen LogP contribution in [0.5, 0.6) is 0 Å². The molecule has 3 aromatic rings. The predicted octanol–water partition coefficient (Wildman–Crippen LogP) is 2.98. The lowest BCUT2D eigenvalue weighted by Gasteiger charge is -2.20. The van der Waals surface area contributed by atoms with Crippen LogP contribution >= 0.6 is 0 Å². The van der Waals surface area contributed by atoms with Gasteiger partial charge in [0.15, 0.2) is 0 Å². The molecule has 6 heteroatoms. The lowest BCUT2D eigenvalue weighted by Crippen LogP contribution is -2.27. The van der Waals surface area contributed by atoms with Gasteiger partial charge in [0.2, 0.25) is 0 Å². The van der Waals surface area contributed by atoms with Gasteiger partial charge in [0.05, 0.1) is 10.4 Å². The van der Waals surface area contributed by atoms with E-state index >= 15 is 0 Å². The number of rotatable bonds is 4. The molecule has 2 heterocycles. The normalized spacial score (nSPS) is 16.5. The highest BCUT2D eigenvalue weighted by Gasteiger charge is 2.20. The van der Waals surface area contributed by atoms with Crippen LogP contribution in [0, 0.1) is 6.92 Å². The Hall–Kier alpha value is -2.15. The van der Waals surface area contributed by atoms with Crippen molar-refractivity contribution in [2.75, 3.05) is 26.2 Å². The van der Waals surface area contributed by atoms with Crippen LogP contribution in [0.1, 0.15) is 17.5 Å². The zero-order chi connectivity index (χ0) is 18.9. The molecule has 0 unspecified atom stereocenters. The molecular formula is C21H25N3O2S. The maximum atomic E-state index is 13.1. The summed E-state index contributed by atoms with van der Waals surface area (Å²) in [5, 5.41) is 4.43. The molecule has 142 valence electrons. The largest absolute Gasteiger partial charge is 0.315 e. The molecule has 0 aliphatic carbocycles. The standard InChI is InChI=1S/C21H25N3O2S/c1-17-6-8-19(9-7-17)27(25,26)24-14-10-20-18(4-2-5-21(20)24)16-23-13-3-11-22-12-15-23/h2,4-10,14,22H,3,11-13,15-16H2,1H3. The summed E-state index contributed by atoms with van der Waals surface area (Å²) in [7, 11) is -3.60. The van der Waals surface area contributed by atoms with Gasteiger partial charge in [-0.2, -0.15) is 0 Å². The Bertz CT molecular complexity index is 1030. The van der Waals surface area contributed by atoms with Crippen molar-refractivity contribution in [3.05, 3.63) is 65.9 Å². The molecule has 1 aliphatic heterocycles. The van der Waals surface area contributed by atoms with Gasteiger partial charge in [-0.25, -0.2) is 12.4 Å². The number of fused-ring (bicyclic) bond motifs is 1. The topological polar surface area (TPSA) is 54.3 Å². The van der Waals surface area contributed by atoms with E-state index in [1.807, 2.05) is 37.3 Å². The highest BCUT2D eigenvalue weighted by molar-refractivity contribution is 7.90. The lowest BCUT2D eigenvalue weighted by molar-refractivity contribution is 0.285. The molecule has 1 aromatic heterocycles. The van der Waals surface area contributed by atoms with Crippen LogP contribution in [0.15, 0.2) is 59.6 Å². The van der Waals surface area contributed by atoms with Crippen molar-refractivity contribution in [3.63, 3.8) is 0 Å². The Morgan fingerprint density at radius 3 is 2.63 bits per heavy atom. The van der Waals surface area contributed by atoms with Gasteiger partial charge < -0.3 is 5.32 Å². The fraction of sp³-hybridized carbons (Fsp3) is 0.333. The van der Waals surface area contributed by atoms with Crippen LogP contribution < -0.4 is 5.32 Å². The van der Waals surface area contributed by atoms with Gasteiger partial charge in [-0.05, 0) is 56.3 Å². The summed E-state index contributed by atoms with van der Waals surface area (Å²) in [4.78, 5) is 2.75. The van der Waals surface area contributed by atoms with Gasteiger partial charge >= 0.3 is 0 Å². The number of nitrogens with one attached hydrogen (secondary N) is 1. The van der Waals surface area contributed by atoms with Crippen molar-refractivity contribution in [2.45, 2.75) is 24.8 Å². The second-order valence-corrected chi connectivity index (χ2v) is 8.97. The average molecular weight is 384 g/mol. The Balaban J connectivity index is 1.70. The Kier molecular flexibility index (Phi) is 5.04. The molecule has 27 heavy (non-hydrogen) atoms. The van der Waals surface area contributed by atoms with Crippen molar-refractivity contribution >= 4 is 20.9 Å². The Morgan fingerprint density at radius 1 is 1.00 bits per heavy atom. The number of benzene rings is 2. The molecule has 0 saturated carbocycles. The fourth-order valence-electron chi connectivity index (χ4n) is 3.68. The Morgan fingerprint density at radius 2 is 1.81 bits per heavy atom. The molecule has 2 aromatic carbocycles. The van der Waals surface area contributed by atoms with E-state index in [1.165, 1.54) is 9.54 Å². The second-order valence-electron chi connectivity index (χ2n) is 7.16. The molecule has 5 nitrogen and oxygen atoms in total. The SMILES string of the molecule is Cc1ccc(S(=O)(=O)n2ccc3c(CN4CCCNCC4)cccc32)cc1. The van der Waals surface area contributed by atoms with E-state index in [4.69, 9.17) is 0 Å². The van der Waals surface area contributed by atoms with Crippen molar-refractivity contribution in [1.82, 2.24) is 14.2 Å². The third kappa shape index (κ3) is 3.65. The number of hydrogen-bond acceptors (Lipinski definition) is 4. The number of hydrogen-bond donors (Lipinski definition) is 1. The number of nitrogens with zero attached hydrogens (tertiary/aromatic N) is 2. The van der Waals surface area contributed by atoms with Gasteiger partial charge in [-0.3, -0.25) is 4.90 Å². The summed E-state index contributed by atoms with van der Waals surface area (Å²) >= 11 is 0. The van der Waals surface area contributed by atoms with Gasteiger partial charge in [-0.1, -0.05) is 29.8 Å². The summed E-state index contributed by atoms with van der Waals surface area (Å²) in [5.41, 5.74) is 2.95. The van der Waals surface area contributed by atoms with Crippen LogP contribution in [0.2, 0.25) is 0 Å². The molecule has 0 atom stereocenters. The van der Waals surface area contributed by atoms with Gasteiger partial charge in [0.1, 0.15) is 0 Å². The van der Waals surface area contributed by atoms with Gasteiger partial charge in [0, 0.05) is 31.2 Å². The highest BCUT2D eigenvalue weighted by Crippen LogP contribution is 2.26.